The van der Waals surface area contributed by atoms with Gasteiger partial charge in [-0.2, -0.15) is 20.2 Å². The van der Waals surface area contributed by atoms with E-state index in [0.29, 0.717) is 19.8 Å². The molecular formula is C19H32O7S2. The van der Waals surface area contributed by atoms with Crippen LogP contribution in [0.15, 0.2) is 29.2 Å². The highest BCUT2D eigenvalue weighted by molar-refractivity contribution is 7.99. The summed E-state index contributed by atoms with van der Waals surface area (Å²) in [4.78, 5) is -0.0933. The summed E-state index contributed by atoms with van der Waals surface area (Å²) in [5, 5.41) is 9.64. The van der Waals surface area contributed by atoms with Crippen LogP contribution in [0.3, 0.4) is 0 Å². The van der Waals surface area contributed by atoms with Gasteiger partial charge in [0.15, 0.2) is 6.29 Å². The number of ether oxygens (including phenoxy) is 3. The molecule has 3 unspecified atom stereocenters. The van der Waals surface area contributed by atoms with Gasteiger partial charge in [-0.15, -0.1) is 0 Å². The van der Waals surface area contributed by atoms with E-state index in [1.807, 2.05) is 13.8 Å². The first-order valence-electron chi connectivity index (χ1n) is 9.36. The van der Waals surface area contributed by atoms with Crippen LogP contribution in [0, 0.1) is 5.92 Å². The molecule has 162 valence electrons. The summed E-state index contributed by atoms with van der Waals surface area (Å²) < 4.78 is 47.0. The first-order valence-corrected chi connectivity index (χ1v) is 12.0. The Kier molecular flexibility index (Phi) is 12.2. The van der Waals surface area contributed by atoms with Crippen molar-refractivity contribution in [3.63, 3.8) is 0 Å². The minimum atomic E-state index is -4.14. The van der Waals surface area contributed by atoms with E-state index in [4.69, 9.17) is 18.8 Å². The molecule has 0 aliphatic rings. The van der Waals surface area contributed by atoms with Crippen LogP contribution in [0.2, 0.25) is 0 Å². The molecule has 3 atom stereocenters. The Morgan fingerprint density at radius 3 is 2.32 bits per heavy atom. The van der Waals surface area contributed by atoms with Gasteiger partial charge < -0.3 is 19.3 Å². The highest BCUT2D eigenvalue weighted by Crippen LogP contribution is 2.22. The van der Waals surface area contributed by atoms with Crippen molar-refractivity contribution in [2.24, 2.45) is 5.92 Å². The number of aliphatic hydroxyl groups is 1. The zero-order valence-corrected chi connectivity index (χ0v) is 18.4. The summed E-state index contributed by atoms with van der Waals surface area (Å²) in [6.07, 6.45) is 0.106. The fraction of sp³-hybridized carbons (Fsp3) is 0.684. The molecule has 0 bridgehead atoms. The van der Waals surface area contributed by atoms with Gasteiger partial charge in [-0.1, -0.05) is 32.9 Å². The van der Waals surface area contributed by atoms with Gasteiger partial charge in [-0.25, -0.2) is 0 Å². The first-order chi connectivity index (χ1) is 13.3. The molecule has 0 radical (unpaired) electrons. The minimum Gasteiger partial charge on any atom is -0.368 e. The molecule has 2 N–H and O–H groups in total. The van der Waals surface area contributed by atoms with Gasteiger partial charge >= 0.3 is 0 Å². The Balaban J connectivity index is 2.05. The van der Waals surface area contributed by atoms with Gasteiger partial charge in [-0.3, -0.25) is 4.55 Å². The SMILES string of the molecule is CCC(C)C(O)OCCOCOCCSCC(C)c1ccc(S(=O)(=O)O)cc1. The third-order valence-corrected chi connectivity index (χ3v) is 6.36. The van der Waals surface area contributed by atoms with Crippen LogP contribution >= 0.6 is 11.8 Å². The Bertz CT molecular complexity index is 634. The van der Waals surface area contributed by atoms with Gasteiger partial charge in [0.2, 0.25) is 0 Å². The molecule has 0 amide bonds. The fourth-order valence-corrected chi connectivity index (χ4v) is 3.64. The zero-order valence-electron chi connectivity index (χ0n) is 16.7. The van der Waals surface area contributed by atoms with E-state index in [9.17, 15) is 13.5 Å². The minimum absolute atomic E-state index is 0.0933. The lowest BCUT2D eigenvalue weighted by molar-refractivity contribution is -0.150. The maximum absolute atomic E-state index is 11.0. The summed E-state index contributed by atoms with van der Waals surface area (Å²) in [5.74, 6) is 2.05. The third-order valence-electron chi connectivity index (χ3n) is 4.30. The lowest BCUT2D eigenvalue weighted by Crippen LogP contribution is -2.23. The summed E-state index contributed by atoms with van der Waals surface area (Å²) in [7, 11) is -4.14. The number of aliphatic hydroxyl groups excluding tert-OH is 1. The average molecular weight is 437 g/mol. The van der Waals surface area contributed by atoms with Crippen LogP contribution in [-0.4, -0.2) is 62.5 Å². The van der Waals surface area contributed by atoms with E-state index in [1.165, 1.54) is 12.1 Å². The summed E-state index contributed by atoms with van der Waals surface area (Å²) in [5.41, 5.74) is 1.02. The van der Waals surface area contributed by atoms with Crippen LogP contribution in [0.1, 0.15) is 38.7 Å². The van der Waals surface area contributed by atoms with E-state index in [0.717, 1.165) is 23.5 Å². The highest BCUT2D eigenvalue weighted by Gasteiger charge is 2.12. The van der Waals surface area contributed by atoms with Crippen LogP contribution in [0.4, 0.5) is 0 Å². The molecule has 0 aromatic heterocycles. The van der Waals surface area contributed by atoms with Crippen LogP contribution in [0.5, 0.6) is 0 Å². The molecule has 0 aliphatic heterocycles. The molecule has 0 saturated carbocycles. The monoisotopic (exact) mass is 436 g/mol. The fourth-order valence-electron chi connectivity index (χ4n) is 2.21. The number of thioether (sulfide) groups is 1. The maximum Gasteiger partial charge on any atom is 0.294 e. The smallest absolute Gasteiger partial charge is 0.294 e. The number of rotatable bonds is 15. The van der Waals surface area contributed by atoms with Gasteiger partial charge in [0.1, 0.15) is 6.79 Å². The van der Waals surface area contributed by atoms with E-state index in [2.05, 4.69) is 6.92 Å². The summed E-state index contributed by atoms with van der Waals surface area (Å²) >= 11 is 1.74. The number of hydrogen-bond acceptors (Lipinski definition) is 7. The van der Waals surface area contributed by atoms with Gasteiger partial charge in [-0.05, 0) is 35.8 Å². The van der Waals surface area contributed by atoms with Crippen molar-refractivity contribution in [3.8, 4) is 0 Å². The predicted molar refractivity (Wildman–Crippen MR) is 110 cm³/mol. The van der Waals surface area contributed by atoms with E-state index in [1.54, 1.807) is 23.9 Å². The van der Waals surface area contributed by atoms with Crippen molar-refractivity contribution in [2.45, 2.75) is 44.3 Å². The van der Waals surface area contributed by atoms with Crippen molar-refractivity contribution in [3.05, 3.63) is 29.8 Å². The van der Waals surface area contributed by atoms with E-state index >= 15 is 0 Å². The van der Waals surface area contributed by atoms with Crippen molar-refractivity contribution >= 4 is 21.9 Å². The van der Waals surface area contributed by atoms with Crippen LogP contribution in [-0.2, 0) is 24.3 Å². The second kappa shape index (κ2) is 13.5. The van der Waals surface area contributed by atoms with Crippen molar-refractivity contribution in [1.29, 1.82) is 0 Å². The molecule has 0 heterocycles. The van der Waals surface area contributed by atoms with Crippen molar-refractivity contribution in [1.82, 2.24) is 0 Å². The van der Waals surface area contributed by atoms with Gasteiger partial charge in [0.25, 0.3) is 10.1 Å². The molecule has 7 nitrogen and oxygen atoms in total. The van der Waals surface area contributed by atoms with Gasteiger partial charge in [0.05, 0.1) is 24.7 Å². The molecule has 28 heavy (non-hydrogen) atoms. The lowest BCUT2D eigenvalue weighted by atomic mass is 10.0. The van der Waals surface area contributed by atoms with Crippen LogP contribution in [0.25, 0.3) is 0 Å². The molecular weight excluding hydrogens is 404 g/mol. The Labute approximate surface area is 172 Å². The zero-order chi connectivity index (χ0) is 21.0. The molecule has 0 spiro atoms. The maximum atomic E-state index is 11.0. The molecule has 9 heteroatoms. The lowest BCUT2D eigenvalue weighted by Gasteiger charge is -2.17. The topological polar surface area (TPSA) is 102 Å². The van der Waals surface area contributed by atoms with E-state index in [-0.39, 0.29) is 23.5 Å². The Morgan fingerprint density at radius 1 is 1.07 bits per heavy atom. The second-order valence-corrected chi connectivity index (χ2v) is 9.17. The molecule has 1 rings (SSSR count). The number of benzene rings is 1. The Hall–Kier alpha value is -0.680. The summed E-state index contributed by atoms with van der Waals surface area (Å²) in [6, 6.07) is 6.27. The standard InChI is InChI=1S/C19H32O7S2/c1-4-15(2)19(20)26-10-9-24-14-25-11-12-27-13-16(3)17-5-7-18(8-6-17)28(21,22)23/h5-8,15-16,19-20H,4,9-14H2,1-3H3,(H,21,22,23). The van der Waals surface area contributed by atoms with Crippen LogP contribution < -0.4 is 0 Å². The van der Waals surface area contributed by atoms with Crippen molar-refractivity contribution in [2.75, 3.05) is 38.1 Å². The normalized spacial score (nSPS) is 15.3. The largest absolute Gasteiger partial charge is 0.368 e. The molecule has 0 fully saturated rings. The predicted octanol–water partition coefficient (Wildman–Crippen LogP) is 3.14. The van der Waals surface area contributed by atoms with Crippen molar-refractivity contribution < 1.29 is 32.3 Å². The Morgan fingerprint density at radius 2 is 1.71 bits per heavy atom. The highest BCUT2D eigenvalue weighted by atomic mass is 32.2. The van der Waals surface area contributed by atoms with Gasteiger partial charge in [0, 0.05) is 11.7 Å². The molecule has 0 aliphatic carbocycles. The average Bonchev–Trinajstić information content (AvgIpc) is 2.67. The first kappa shape index (κ1) is 25.4. The van der Waals surface area contributed by atoms with E-state index < -0.39 is 16.4 Å². The molecule has 0 saturated heterocycles. The summed E-state index contributed by atoms with van der Waals surface area (Å²) in [6.45, 7) is 7.45. The number of hydrogen-bond donors (Lipinski definition) is 2. The third kappa shape index (κ3) is 10.2. The molecule has 1 aromatic rings. The molecule has 1 aromatic carbocycles. The second-order valence-electron chi connectivity index (χ2n) is 6.60. The quantitative estimate of drug-likeness (QED) is 0.246.